The van der Waals surface area contributed by atoms with Crippen molar-refractivity contribution in [3.05, 3.63) is 34.9 Å². The molecule has 0 radical (unpaired) electrons. The summed E-state index contributed by atoms with van der Waals surface area (Å²) in [6, 6.07) is 2.17. The van der Waals surface area contributed by atoms with Crippen LogP contribution in [-0.2, 0) is 10.2 Å². The summed E-state index contributed by atoms with van der Waals surface area (Å²) in [4.78, 5) is 12.0. The lowest BCUT2D eigenvalue weighted by atomic mass is 9.69. The summed E-state index contributed by atoms with van der Waals surface area (Å²) in [5.74, 6) is -1.25. The van der Waals surface area contributed by atoms with E-state index in [4.69, 9.17) is 0 Å². The Morgan fingerprint density at radius 3 is 2.39 bits per heavy atom. The van der Waals surface area contributed by atoms with Gasteiger partial charge in [-0.2, -0.15) is 0 Å². The van der Waals surface area contributed by atoms with Crippen molar-refractivity contribution in [2.45, 2.75) is 32.1 Å². The zero-order chi connectivity index (χ0) is 13.3. The molecule has 1 fully saturated rings. The Kier molecular flexibility index (Phi) is 3.48. The molecule has 1 aromatic rings. The second-order valence-electron chi connectivity index (χ2n) is 4.97. The van der Waals surface area contributed by atoms with Crippen molar-refractivity contribution in [3.63, 3.8) is 0 Å². The number of hydrogen-bond donors (Lipinski definition) is 1. The van der Waals surface area contributed by atoms with Gasteiger partial charge >= 0.3 is 0 Å². The summed E-state index contributed by atoms with van der Waals surface area (Å²) < 4.78 is 27.3. The van der Waals surface area contributed by atoms with Crippen LogP contribution in [0, 0.1) is 18.6 Å². The number of hydrogen-bond acceptors (Lipinski definition) is 2. The average molecular weight is 253 g/mol. The number of nitrogens with one attached hydrogen (secondary N) is 1. The maximum absolute atomic E-state index is 14.1. The normalized spacial score (nSPS) is 18.7. The second kappa shape index (κ2) is 4.76. The highest BCUT2D eigenvalue weighted by Gasteiger charge is 2.41. The van der Waals surface area contributed by atoms with Gasteiger partial charge in [0.25, 0.3) is 0 Å². The number of halogens is 2. The first-order chi connectivity index (χ1) is 8.47. The van der Waals surface area contributed by atoms with Gasteiger partial charge in [-0.3, -0.25) is 4.79 Å². The SMILES string of the molecule is CC(=O)C1(c2c(C)cc(F)cc2F)CCNCC1. The van der Waals surface area contributed by atoms with Gasteiger partial charge in [0.15, 0.2) is 0 Å². The van der Waals surface area contributed by atoms with Crippen LogP contribution >= 0.6 is 0 Å². The van der Waals surface area contributed by atoms with E-state index >= 15 is 0 Å². The number of Topliss-reactive ketones (excluding diaryl/α,β-unsaturated/α-hetero) is 1. The third-order valence-corrected chi connectivity index (χ3v) is 3.86. The first-order valence-electron chi connectivity index (χ1n) is 6.15. The first-order valence-corrected chi connectivity index (χ1v) is 6.15. The molecule has 2 nitrogen and oxygen atoms in total. The summed E-state index contributed by atoms with van der Waals surface area (Å²) in [6.07, 6.45) is 1.12. The Morgan fingerprint density at radius 1 is 1.28 bits per heavy atom. The molecule has 1 aliphatic rings. The van der Waals surface area contributed by atoms with Crippen LogP contribution in [0.4, 0.5) is 8.78 Å². The van der Waals surface area contributed by atoms with Crippen molar-refractivity contribution in [2.75, 3.05) is 13.1 Å². The van der Waals surface area contributed by atoms with Gasteiger partial charge in [0, 0.05) is 11.6 Å². The molecule has 0 aliphatic carbocycles. The minimum absolute atomic E-state index is 0.0439. The van der Waals surface area contributed by atoms with Gasteiger partial charge in [-0.25, -0.2) is 8.78 Å². The fourth-order valence-corrected chi connectivity index (χ4v) is 2.94. The van der Waals surface area contributed by atoms with Gasteiger partial charge in [-0.05, 0) is 51.4 Å². The van der Waals surface area contributed by atoms with E-state index in [1.54, 1.807) is 6.92 Å². The van der Waals surface area contributed by atoms with Crippen LogP contribution in [0.1, 0.15) is 30.9 Å². The molecule has 2 rings (SSSR count). The van der Waals surface area contributed by atoms with Crippen LogP contribution in [0.25, 0.3) is 0 Å². The topological polar surface area (TPSA) is 29.1 Å². The van der Waals surface area contributed by atoms with Crippen LogP contribution < -0.4 is 5.32 Å². The van der Waals surface area contributed by atoms with E-state index in [9.17, 15) is 13.6 Å². The Balaban J connectivity index is 2.59. The van der Waals surface area contributed by atoms with E-state index in [0.29, 0.717) is 37.1 Å². The van der Waals surface area contributed by atoms with Crippen LogP contribution in [0.15, 0.2) is 12.1 Å². The number of ketones is 1. The Hall–Kier alpha value is -1.29. The summed E-state index contributed by atoms with van der Waals surface area (Å²) >= 11 is 0. The van der Waals surface area contributed by atoms with Crippen molar-refractivity contribution in [1.82, 2.24) is 5.32 Å². The summed E-state index contributed by atoms with van der Waals surface area (Å²) in [5.41, 5.74) is 0.0927. The van der Waals surface area contributed by atoms with Gasteiger partial charge in [-0.1, -0.05) is 0 Å². The highest BCUT2D eigenvalue weighted by atomic mass is 19.1. The van der Waals surface area contributed by atoms with Crippen LogP contribution in [0.5, 0.6) is 0 Å². The maximum Gasteiger partial charge on any atom is 0.140 e. The first kappa shape index (κ1) is 13.1. The molecule has 1 aliphatic heterocycles. The van der Waals surface area contributed by atoms with Gasteiger partial charge < -0.3 is 5.32 Å². The molecule has 18 heavy (non-hydrogen) atoms. The van der Waals surface area contributed by atoms with E-state index in [2.05, 4.69) is 5.32 Å². The molecule has 1 aromatic carbocycles. The zero-order valence-electron chi connectivity index (χ0n) is 10.6. The molecule has 0 amide bonds. The van der Waals surface area contributed by atoms with Crippen molar-refractivity contribution in [1.29, 1.82) is 0 Å². The fraction of sp³-hybridized carbons (Fsp3) is 0.500. The molecule has 0 atom stereocenters. The molecule has 1 N–H and O–H groups in total. The molecule has 0 unspecified atom stereocenters. The molecule has 0 bridgehead atoms. The molecule has 98 valence electrons. The third kappa shape index (κ3) is 2.05. The van der Waals surface area contributed by atoms with Crippen molar-refractivity contribution in [2.24, 2.45) is 0 Å². The number of carbonyl (C=O) groups is 1. The number of carbonyl (C=O) groups excluding carboxylic acids is 1. The number of piperidine rings is 1. The largest absolute Gasteiger partial charge is 0.317 e. The van der Waals surface area contributed by atoms with Crippen molar-refractivity contribution < 1.29 is 13.6 Å². The average Bonchev–Trinajstić information content (AvgIpc) is 2.28. The predicted octanol–water partition coefficient (Wildman–Crippen LogP) is 2.48. The predicted molar refractivity (Wildman–Crippen MR) is 65.6 cm³/mol. The molecular weight excluding hydrogens is 236 g/mol. The lowest BCUT2D eigenvalue weighted by Crippen LogP contribution is -2.45. The van der Waals surface area contributed by atoms with E-state index in [1.807, 2.05) is 0 Å². The number of benzene rings is 1. The number of aryl methyl sites for hydroxylation is 1. The second-order valence-corrected chi connectivity index (χ2v) is 4.97. The minimum Gasteiger partial charge on any atom is -0.317 e. The molecule has 1 saturated heterocycles. The maximum atomic E-state index is 14.1. The van der Waals surface area contributed by atoms with Gasteiger partial charge in [0.1, 0.15) is 17.4 Å². The van der Waals surface area contributed by atoms with Gasteiger partial charge in [-0.15, -0.1) is 0 Å². The highest BCUT2D eigenvalue weighted by molar-refractivity contribution is 5.88. The molecule has 0 spiro atoms. The Labute approximate surface area is 105 Å². The molecule has 1 heterocycles. The summed E-state index contributed by atoms with van der Waals surface area (Å²) in [7, 11) is 0. The smallest absolute Gasteiger partial charge is 0.140 e. The standard InChI is InChI=1S/C14H17F2NO/c1-9-7-11(15)8-12(16)13(9)14(10(2)18)3-5-17-6-4-14/h7-8,17H,3-6H2,1-2H3. The summed E-state index contributed by atoms with van der Waals surface area (Å²) in [6.45, 7) is 4.51. The third-order valence-electron chi connectivity index (χ3n) is 3.86. The zero-order valence-corrected chi connectivity index (χ0v) is 10.6. The van der Waals surface area contributed by atoms with E-state index in [1.165, 1.54) is 13.0 Å². The van der Waals surface area contributed by atoms with E-state index < -0.39 is 17.0 Å². The summed E-state index contributed by atoms with van der Waals surface area (Å²) in [5, 5.41) is 3.17. The van der Waals surface area contributed by atoms with E-state index in [0.717, 1.165) is 6.07 Å². The molecule has 0 aromatic heterocycles. The van der Waals surface area contributed by atoms with Crippen LogP contribution in [-0.4, -0.2) is 18.9 Å². The molecular formula is C14H17F2NO. The number of rotatable bonds is 2. The quantitative estimate of drug-likeness (QED) is 0.877. The van der Waals surface area contributed by atoms with Crippen molar-refractivity contribution >= 4 is 5.78 Å². The van der Waals surface area contributed by atoms with Gasteiger partial charge in [0.2, 0.25) is 0 Å². The molecule has 0 saturated carbocycles. The molecule has 4 heteroatoms. The lowest BCUT2D eigenvalue weighted by Gasteiger charge is -2.37. The van der Waals surface area contributed by atoms with Gasteiger partial charge in [0.05, 0.1) is 5.41 Å². The van der Waals surface area contributed by atoms with Crippen LogP contribution in [0.3, 0.4) is 0 Å². The Bertz CT molecular complexity index is 456. The van der Waals surface area contributed by atoms with Crippen molar-refractivity contribution in [3.8, 4) is 0 Å². The van der Waals surface area contributed by atoms with E-state index in [-0.39, 0.29) is 5.78 Å². The fourth-order valence-electron chi connectivity index (χ4n) is 2.94. The monoisotopic (exact) mass is 253 g/mol. The minimum atomic E-state index is -0.798. The Morgan fingerprint density at radius 2 is 1.89 bits per heavy atom. The van der Waals surface area contributed by atoms with Crippen LogP contribution in [0.2, 0.25) is 0 Å². The lowest BCUT2D eigenvalue weighted by molar-refractivity contribution is -0.123. The highest BCUT2D eigenvalue weighted by Crippen LogP contribution is 2.38.